The molecule has 110 valence electrons. The lowest BCUT2D eigenvalue weighted by molar-refractivity contribution is 0.356. The lowest BCUT2D eigenvalue weighted by Crippen LogP contribution is -2.24. The van der Waals surface area contributed by atoms with E-state index in [0.29, 0.717) is 5.92 Å². The van der Waals surface area contributed by atoms with Gasteiger partial charge in [0.2, 0.25) is 0 Å². The summed E-state index contributed by atoms with van der Waals surface area (Å²) in [6, 6.07) is 6.18. The Kier molecular flexibility index (Phi) is 3.59. The summed E-state index contributed by atoms with van der Waals surface area (Å²) in [4.78, 5) is 1.17. The number of hydrogen-bond donors (Lipinski definition) is 1. The summed E-state index contributed by atoms with van der Waals surface area (Å²) in [6.07, 6.45) is 0.916. The molecule has 0 spiro atoms. The molecule has 1 N–H and O–H groups in total. The molecule has 2 aromatic rings. The Morgan fingerprint density at radius 2 is 1.95 bits per heavy atom. The average molecular weight is 302 g/mol. The Hall–Kier alpha value is -2.01. The van der Waals surface area contributed by atoms with Crippen LogP contribution in [0.2, 0.25) is 0 Å². The summed E-state index contributed by atoms with van der Waals surface area (Å²) >= 11 is 1.72. The third-order valence-corrected chi connectivity index (χ3v) is 4.75. The van der Waals surface area contributed by atoms with Crippen LogP contribution in [0.25, 0.3) is 10.1 Å². The second-order valence-corrected chi connectivity index (χ2v) is 6.26. The average Bonchev–Trinajstić information content (AvgIpc) is 2.87. The van der Waals surface area contributed by atoms with Crippen molar-refractivity contribution in [3.8, 4) is 11.5 Å². The van der Waals surface area contributed by atoms with Gasteiger partial charge >= 0.3 is 0 Å². The highest BCUT2D eigenvalue weighted by atomic mass is 32.1. The summed E-state index contributed by atoms with van der Waals surface area (Å²) in [5, 5.41) is 5.60. The Bertz CT molecular complexity index is 692. The van der Waals surface area contributed by atoms with Gasteiger partial charge in [0, 0.05) is 22.4 Å². The minimum absolute atomic E-state index is 0.371. The molecule has 5 heteroatoms. The van der Waals surface area contributed by atoms with Crippen molar-refractivity contribution in [3.05, 3.63) is 35.4 Å². The van der Waals surface area contributed by atoms with Gasteiger partial charge in [-0.1, -0.05) is 13.5 Å². The first-order chi connectivity index (χ1) is 10.1. The first-order valence-electron chi connectivity index (χ1n) is 6.79. The van der Waals surface area contributed by atoms with Crippen LogP contribution in [0.1, 0.15) is 18.2 Å². The number of rotatable bonds is 3. The summed E-state index contributed by atoms with van der Waals surface area (Å²) in [6.45, 7) is 6.11. The molecule has 2 heterocycles. The zero-order chi connectivity index (χ0) is 15.0. The van der Waals surface area contributed by atoms with Gasteiger partial charge in [0.15, 0.2) is 11.5 Å². The number of benzene rings is 1. The topological polar surface area (TPSA) is 42.9 Å². The molecule has 21 heavy (non-hydrogen) atoms. The third kappa shape index (κ3) is 2.49. The van der Waals surface area contributed by atoms with Gasteiger partial charge in [-0.15, -0.1) is 11.3 Å². The largest absolute Gasteiger partial charge is 0.493 e. The minimum Gasteiger partial charge on any atom is -0.493 e. The van der Waals surface area contributed by atoms with E-state index < -0.39 is 0 Å². The van der Waals surface area contributed by atoms with Crippen LogP contribution < -0.4 is 14.9 Å². The first-order valence-corrected chi connectivity index (χ1v) is 7.61. The monoisotopic (exact) mass is 302 g/mol. The maximum atomic E-state index is 5.36. The van der Waals surface area contributed by atoms with E-state index in [2.05, 4.69) is 30.1 Å². The van der Waals surface area contributed by atoms with Crippen LogP contribution in [-0.2, 0) is 0 Å². The number of hydrogen-bond acceptors (Lipinski definition) is 5. The molecular formula is C16H18N2O2S. The lowest BCUT2D eigenvalue weighted by Gasteiger charge is -2.20. The molecule has 1 aliphatic rings. The highest BCUT2D eigenvalue weighted by molar-refractivity contribution is 7.21. The van der Waals surface area contributed by atoms with Gasteiger partial charge in [-0.3, -0.25) is 5.43 Å². The van der Waals surface area contributed by atoms with Crippen molar-refractivity contribution >= 4 is 27.1 Å². The van der Waals surface area contributed by atoms with Gasteiger partial charge in [0.05, 0.1) is 24.8 Å². The SMILES string of the molecule is C=C1CC(C)C(c2cc3cc(OC)c(OC)cc3s2)=NN1. The second-order valence-electron chi connectivity index (χ2n) is 5.17. The van der Waals surface area contributed by atoms with Gasteiger partial charge in [0.1, 0.15) is 0 Å². The number of ether oxygens (including phenoxy) is 2. The van der Waals surface area contributed by atoms with Gasteiger partial charge < -0.3 is 9.47 Å². The fourth-order valence-electron chi connectivity index (χ4n) is 2.55. The second kappa shape index (κ2) is 5.41. The molecule has 0 saturated carbocycles. The Balaban J connectivity index is 2.07. The maximum absolute atomic E-state index is 5.36. The van der Waals surface area contributed by atoms with Crippen molar-refractivity contribution in [1.29, 1.82) is 0 Å². The Morgan fingerprint density at radius 1 is 1.24 bits per heavy atom. The van der Waals surface area contributed by atoms with Crippen molar-refractivity contribution in [3.63, 3.8) is 0 Å². The van der Waals surface area contributed by atoms with Crippen molar-refractivity contribution in [2.45, 2.75) is 13.3 Å². The molecular weight excluding hydrogens is 284 g/mol. The molecule has 1 aromatic heterocycles. The van der Waals surface area contributed by atoms with Crippen LogP contribution in [0.3, 0.4) is 0 Å². The van der Waals surface area contributed by atoms with E-state index in [-0.39, 0.29) is 0 Å². The van der Waals surface area contributed by atoms with Gasteiger partial charge in [0.25, 0.3) is 0 Å². The number of thiophene rings is 1. The number of hydrazone groups is 1. The fourth-order valence-corrected chi connectivity index (χ4v) is 3.73. The van der Waals surface area contributed by atoms with E-state index in [9.17, 15) is 0 Å². The number of nitrogens with one attached hydrogen (secondary N) is 1. The van der Waals surface area contributed by atoms with Crippen LogP contribution in [0.5, 0.6) is 11.5 Å². The molecule has 1 aromatic carbocycles. The number of allylic oxidation sites excluding steroid dienone is 1. The number of methoxy groups -OCH3 is 2. The predicted molar refractivity (Wildman–Crippen MR) is 87.5 cm³/mol. The lowest BCUT2D eigenvalue weighted by atomic mass is 9.97. The molecule has 0 aliphatic carbocycles. The third-order valence-electron chi connectivity index (χ3n) is 3.63. The first kappa shape index (κ1) is 13.9. The molecule has 0 saturated heterocycles. The highest BCUT2D eigenvalue weighted by Crippen LogP contribution is 2.37. The smallest absolute Gasteiger partial charge is 0.162 e. The summed E-state index contributed by atoms with van der Waals surface area (Å²) in [7, 11) is 3.31. The molecule has 0 bridgehead atoms. The number of nitrogens with zero attached hydrogens (tertiary/aromatic N) is 1. The quantitative estimate of drug-likeness (QED) is 0.938. The van der Waals surface area contributed by atoms with Crippen LogP contribution in [-0.4, -0.2) is 19.9 Å². The van der Waals surface area contributed by atoms with Crippen LogP contribution in [0.15, 0.2) is 35.6 Å². The zero-order valence-electron chi connectivity index (χ0n) is 12.4. The van der Waals surface area contributed by atoms with Crippen molar-refractivity contribution in [2.75, 3.05) is 14.2 Å². The highest BCUT2D eigenvalue weighted by Gasteiger charge is 2.21. The van der Waals surface area contributed by atoms with E-state index >= 15 is 0 Å². The Morgan fingerprint density at radius 3 is 2.62 bits per heavy atom. The van der Waals surface area contributed by atoms with E-state index in [1.54, 1.807) is 25.6 Å². The molecule has 0 fully saturated rings. The molecule has 1 atom stereocenters. The molecule has 1 unspecified atom stereocenters. The Labute approximate surface area is 128 Å². The summed E-state index contributed by atoms with van der Waals surface area (Å²) < 4.78 is 11.9. The van der Waals surface area contributed by atoms with Gasteiger partial charge in [-0.2, -0.15) is 5.10 Å². The van der Waals surface area contributed by atoms with E-state index in [1.807, 2.05) is 12.1 Å². The normalized spacial score (nSPS) is 18.3. The van der Waals surface area contributed by atoms with Gasteiger partial charge in [-0.05, 0) is 23.9 Å². The molecule has 4 nitrogen and oxygen atoms in total. The van der Waals surface area contributed by atoms with E-state index in [4.69, 9.17) is 9.47 Å². The summed E-state index contributed by atoms with van der Waals surface area (Å²) in [5.74, 6) is 1.87. The molecule has 0 radical (unpaired) electrons. The zero-order valence-corrected chi connectivity index (χ0v) is 13.2. The minimum atomic E-state index is 0.371. The van der Waals surface area contributed by atoms with Gasteiger partial charge in [-0.25, -0.2) is 0 Å². The van der Waals surface area contributed by atoms with Crippen molar-refractivity contribution in [1.82, 2.24) is 5.43 Å². The maximum Gasteiger partial charge on any atom is 0.162 e. The fraction of sp³-hybridized carbons (Fsp3) is 0.312. The van der Waals surface area contributed by atoms with Crippen LogP contribution in [0, 0.1) is 5.92 Å². The van der Waals surface area contributed by atoms with E-state index in [1.165, 1.54) is 9.58 Å². The van der Waals surface area contributed by atoms with Crippen LogP contribution >= 0.6 is 11.3 Å². The molecule has 3 rings (SSSR count). The number of fused-ring (bicyclic) bond motifs is 1. The standard InChI is InChI=1S/C16H18N2O2S/c1-9-5-10(2)17-18-16(9)15-7-11-6-12(19-3)13(20-4)8-14(11)21-15/h6-9,17H,2,5H2,1,3-4H3. The van der Waals surface area contributed by atoms with Crippen LogP contribution in [0.4, 0.5) is 0 Å². The van der Waals surface area contributed by atoms with E-state index in [0.717, 1.165) is 34.7 Å². The molecule has 0 amide bonds. The summed E-state index contributed by atoms with van der Waals surface area (Å²) in [5.41, 5.74) is 5.05. The molecule has 1 aliphatic heterocycles. The van der Waals surface area contributed by atoms with Crippen molar-refractivity contribution in [2.24, 2.45) is 11.0 Å². The predicted octanol–water partition coefficient (Wildman–Crippen LogP) is 3.77. The van der Waals surface area contributed by atoms with Crippen molar-refractivity contribution < 1.29 is 9.47 Å².